The summed E-state index contributed by atoms with van der Waals surface area (Å²) in [6.45, 7) is -0.451. The molecule has 0 atom stereocenters. The molecule has 3 aromatic rings. The molecule has 0 radical (unpaired) electrons. The highest BCUT2D eigenvalue weighted by molar-refractivity contribution is 14.1. The fraction of sp³-hybridized carbons (Fsp3) is 0.143. The Bertz CT molecular complexity index is 1220. The monoisotopic (exact) mass is 604 g/mol. The molecule has 1 heterocycles. The molecule has 3 rings (SSSR count). The van der Waals surface area contributed by atoms with Gasteiger partial charge in [-0.3, -0.25) is 4.79 Å². The summed E-state index contributed by atoms with van der Waals surface area (Å²) in [5.41, 5.74) is 2.93. The summed E-state index contributed by atoms with van der Waals surface area (Å²) >= 11 is 3.15. The van der Waals surface area contributed by atoms with E-state index in [2.05, 4.69) is 20.8 Å². The first kappa shape index (κ1) is 25.4. The summed E-state index contributed by atoms with van der Waals surface area (Å²) in [4.78, 5) is 26.9. The molecule has 2 aromatic carbocycles. The third-order valence-electron chi connectivity index (χ3n) is 4.04. The lowest BCUT2D eigenvalue weighted by atomic mass is 10.2. The molecule has 0 aliphatic carbocycles. The number of benzene rings is 2. The number of carboxylic acids is 1. The minimum absolute atomic E-state index is 0.0718. The van der Waals surface area contributed by atoms with Crippen LogP contribution in [0.4, 0.5) is 24.0 Å². The van der Waals surface area contributed by atoms with Crippen molar-refractivity contribution >= 4 is 62.8 Å². The number of hydrazone groups is 1. The number of nitrogens with zero attached hydrogens (tertiary/aromatic N) is 2. The van der Waals surface area contributed by atoms with Gasteiger partial charge in [0, 0.05) is 11.1 Å². The van der Waals surface area contributed by atoms with Crippen LogP contribution in [-0.4, -0.2) is 34.8 Å². The van der Waals surface area contributed by atoms with E-state index < -0.39 is 30.2 Å². The summed E-state index contributed by atoms with van der Waals surface area (Å²) in [5, 5.41) is 17.3. The van der Waals surface area contributed by atoms with Gasteiger partial charge in [-0.1, -0.05) is 6.07 Å². The van der Waals surface area contributed by atoms with Crippen molar-refractivity contribution in [1.82, 2.24) is 10.4 Å². The van der Waals surface area contributed by atoms with Gasteiger partial charge in [-0.25, -0.2) is 15.2 Å². The number of thiazole rings is 1. The molecule has 1 amide bonds. The number of nitrogens with one attached hydrogen (secondary N) is 2. The summed E-state index contributed by atoms with van der Waals surface area (Å²) in [6, 6.07) is 9.70. The number of halogens is 4. The first-order chi connectivity index (χ1) is 16.1. The van der Waals surface area contributed by atoms with Gasteiger partial charge in [0.05, 0.1) is 27.5 Å². The molecule has 1 aromatic heterocycles. The minimum atomic E-state index is -4.45. The van der Waals surface area contributed by atoms with E-state index >= 15 is 0 Å². The number of amides is 1. The number of carbonyl (C=O) groups excluding carboxylic acids is 1. The van der Waals surface area contributed by atoms with Crippen LogP contribution in [0.25, 0.3) is 0 Å². The largest absolute Gasteiger partial charge is 0.481 e. The maximum atomic E-state index is 12.8. The normalized spacial score (nSPS) is 11.4. The van der Waals surface area contributed by atoms with Gasteiger partial charge in [0.15, 0.2) is 11.7 Å². The van der Waals surface area contributed by atoms with Crippen LogP contribution in [0.1, 0.15) is 16.8 Å². The number of carboxylic acid groups (broad SMARTS) is 1. The zero-order valence-electron chi connectivity index (χ0n) is 17.1. The van der Waals surface area contributed by atoms with Crippen molar-refractivity contribution in [2.45, 2.75) is 12.6 Å². The predicted molar refractivity (Wildman–Crippen MR) is 129 cm³/mol. The van der Waals surface area contributed by atoms with E-state index in [0.717, 1.165) is 23.5 Å². The van der Waals surface area contributed by atoms with E-state index in [1.165, 1.54) is 18.3 Å². The van der Waals surface area contributed by atoms with Crippen molar-refractivity contribution in [2.24, 2.45) is 5.10 Å². The van der Waals surface area contributed by atoms with Crippen LogP contribution in [0.3, 0.4) is 0 Å². The van der Waals surface area contributed by atoms with Crippen molar-refractivity contribution < 1.29 is 32.6 Å². The van der Waals surface area contributed by atoms with Crippen LogP contribution in [0.2, 0.25) is 0 Å². The van der Waals surface area contributed by atoms with Gasteiger partial charge in [0.2, 0.25) is 5.91 Å². The van der Waals surface area contributed by atoms with Gasteiger partial charge in [-0.05, 0) is 64.6 Å². The maximum absolute atomic E-state index is 12.8. The Morgan fingerprint density at radius 2 is 2.03 bits per heavy atom. The Kier molecular flexibility index (Phi) is 8.44. The smallest absolute Gasteiger partial charge is 0.416 e. The second kappa shape index (κ2) is 11.3. The Morgan fingerprint density at radius 1 is 1.24 bits per heavy atom. The van der Waals surface area contributed by atoms with Crippen LogP contribution in [0.15, 0.2) is 52.9 Å². The van der Waals surface area contributed by atoms with Crippen LogP contribution < -0.4 is 15.5 Å². The van der Waals surface area contributed by atoms with Crippen molar-refractivity contribution in [2.75, 3.05) is 11.9 Å². The first-order valence-electron chi connectivity index (χ1n) is 9.45. The van der Waals surface area contributed by atoms with Gasteiger partial charge < -0.3 is 15.2 Å². The van der Waals surface area contributed by atoms with Gasteiger partial charge >= 0.3 is 12.1 Å². The highest BCUT2D eigenvalue weighted by Gasteiger charge is 2.30. The second-order valence-corrected chi connectivity index (χ2v) is 8.71. The zero-order chi connectivity index (χ0) is 24.7. The van der Waals surface area contributed by atoms with Crippen LogP contribution in [-0.2, 0) is 22.2 Å². The van der Waals surface area contributed by atoms with E-state index in [0.29, 0.717) is 25.7 Å². The molecule has 0 saturated carbocycles. The number of alkyl halides is 3. The molecule has 3 N–H and O–H groups in total. The molecule has 178 valence electrons. The van der Waals surface area contributed by atoms with Crippen molar-refractivity contribution in [3.05, 3.63) is 68.2 Å². The Labute approximate surface area is 209 Å². The summed E-state index contributed by atoms with van der Waals surface area (Å²) in [7, 11) is 0. The van der Waals surface area contributed by atoms with Gasteiger partial charge in [0.25, 0.3) is 0 Å². The lowest BCUT2D eigenvalue weighted by Crippen LogP contribution is -2.20. The Morgan fingerprint density at radius 3 is 2.74 bits per heavy atom. The molecule has 0 bridgehead atoms. The van der Waals surface area contributed by atoms with Crippen LogP contribution >= 0.6 is 33.9 Å². The van der Waals surface area contributed by atoms with E-state index in [9.17, 15) is 22.8 Å². The standard InChI is InChI=1S/C21H16F3IN4O4S/c22-21(23,24)13-2-1-3-14(7-13)27-20-28-15(11-34-20)8-18(30)29-26-9-12-4-5-17(16(25)6-12)33-10-19(31)32/h1-7,9,11H,8,10H2,(H,27,28)(H,29,30)(H,31,32)/b26-9-. The highest BCUT2D eigenvalue weighted by atomic mass is 127. The Balaban J connectivity index is 1.52. The number of hydrogen-bond acceptors (Lipinski definition) is 7. The summed E-state index contributed by atoms with van der Waals surface area (Å²) in [5.74, 6) is -1.09. The van der Waals surface area contributed by atoms with Gasteiger partial charge in [-0.2, -0.15) is 18.3 Å². The zero-order valence-corrected chi connectivity index (χ0v) is 20.1. The molecule has 0 aliphatic rings. The van der Waals surface area contributed by atoms with Crippen molar-refractivity contribution in [1.29, 1.82) is 0 Å². The van der Waals surface area contributed by atoms with E-state index in [1.54, 1.807) is 23.6 Å². The van der Waals surface area contributed by atoms with Crippen molar-refractivity contribution in [3.8, 4) is 5.75 Å². The number of ether oxygens (including phenoxy) is 1. The average molecular weight is 604 g/mol. The van der Waals surface area contributed by atoms with E-state index in [1.807, 2.05) is 22.6 Å². The van der Waals surface area contributed by atoms with Gasteiger partial charge in [0.1, 0.15) is 5.75 Å². The molecule has 8 nitrogen and oxygen atoms in total. The quantitative estimate of drug-likeness (QED) is 0.186. The number of carbonyl (C=O) groups is 2. The number of aliphatic carboxylic acids is 1. The molecule has 0 fully saturated rings. The predicted octanol–water partition coefficient (Wildman–Crippen LogP) is 4.67. The number of hydrogen-bond donors (Lipinski definition) is 3. The molecule has 0 unspecified atom stereocenters. The molecule has 34 heavy (non-hydrogen) atoms. The topological polar surface area (TPSA) is 113 Å². The molecular weight excluding hydrogens is 588 g/mol. The number of anilines is 2. The second-order valence-electron chi connectivity index (χ2n) is 6.69. The van der Waals surface area contributed by atoms with Gasteiger partial charge in [-0.15, -0.1) is 11.3 Å². The lowest BCUT2D eigenvalue weighted by Gasteiger charge is -2.08. The van der Waals surface area contributed by atoms with Crippen molar-refractivity contribution in [3.63, 3.8) is 0 Å². The SMILES string of the molecule is O=C(O)COc1ccc(/C=N\NC(=O)Cc2csc(Nc3cccc(C(F)(F)F)c3)n2)cc1I. The molecule has 13 heteroatoms. The van der Waals surface area contributed by atoms with Crippen LogP contribution in [0, 0.1) is 3.57 Å². The van der Waals surface area contributed by atoms with Crippen LogP contribution in [0.5, 0.6) is 5.75 Å². The highest BCUT2D eigenvalue weighted by Crippen LogP contribution is 2.31. The van der Waals surface area contributed by atoms with E-state index in [4.69, 9.17) is 9.84 Å². The number of aromatic nitrogens is 1. The average Bonchev–Trinajstić information content (AvgIpc) is 3.19. The maximum Gasteiger partial charge on any atom is 0.416 e. The molecule has 0 spiro atoms. The third-order valence-corrected chi connectivity index (χ3v) is 5.69. The fourth-order valence-corrected chi connectivity index (χ4v) is 4.00. The summed E-state index contributed by atoms with van der Waals surface area (Å²) < 4.78 is 44.3. The first-order valence-corrected chi connectivity index (χ1v) is 11.4. The molecule has 0 aliphatic heterocycles. The molecular formula is C21H16F3IN4O4S. The molecule has 0 saturated heterocycles. The summed E-state index contributed by atoms with van der Waals surface area (Å²) in [6.07, 6.45) is -3.10. The third kappa shape index (κ3) is 7.69. The van der Waals surface area contributed by atoms with E-state index in [-0.39, 0.29) is 12.1 Å². The number of rotatable bonds is 9. The Hall–Kier alpha value is -3.20. The minimum Gasteiger partial charge on any atom is -0.481 e. The fourth-order valence-electron chi connectivity index (χ4n) is 2.58. The lowest BCUT2D eigenvalue weighted by molar-refractivity contribution is -0.139.